The van der Waals surface area contributed by atoms with E-state index in [9.17, 15) is 0 Å². The number of hydrogen-bond acceptors (Lipinski definition) is 3. The van der Waals surface area contributed by atoms with Crippen LogP contribution in [0.25, 0.3) is 0 Å². The predicted octanol–water partition coefficient (Wildman–Crippen LogP) is 2.55. The van der Waals surface area contributed by atoms with Gasteiger partial charge in [-0.15, -0.1) is 0 Å². The highest BCUT2D eigenvalue weighted by molar-refractivity contribution is 5.56. The molecule has 1 saturated carbocycles. The summed E-state index contributed by atoms with van der Waals surface area (Å²) in [5.41, 5.74) is 3.10. The average Bonchev–Trinajstić information content (AvgIpc) is 3.22. The van der Waals surface area contributed by atoms with E-state index in [4.69, 9.17) is 4.74 Å². The molecule has 2 fully saturated rings. The fraction of sp³-hybridized carbons (Fsp3) is 0.647. The molecular weight excluding hydrogens is 248 g/mol. The Hall–Kier alpha value is -1.06. The van der Waals surface area contributed by atoms with Crippen LogP contribution in [-0.2, 0) is 11.3 Å². The molecule has 3 nitrogen and oxygen atoms in total. The molecule has 1 aromatic carbocycles. The molecule has 108 valence electrons. The third-order valence-corrected chi connectivity index (χ3v) is 5.31. The summed E-state index contributed by atoms with van der Waals surface area (Å²) >= 11 is 0. The number of nitrogens with zero attached hydrogens (tertiary/aromatic N) is 1. The third-order valence-electron chi connectivity index (χ3n) is 5.31. The number of anilines is 1. The van der Waals surface area contributed by atoms with Crippen molar-refractivity contribution in [2.75, 3.05) is 24.7 Å². The molecule has 2 atom stereocenters. The molecule has 0 aromatic heterocycles. The first-order valence-electron chi connectivity index (χ1n) is 7.94. The van der Waals surface area contributed by atoms with Gasteiger partial charge in [0.1, 0.15) is 0 Å². The lowest BCUT2D eigenvalue weighted by molar-refractivity contribution is 0.191. The lowest BCUT2D eigenvalue weighted by Gasteiger charge is -2.38. The van der Waals surface area contributed by atoms with Crippen molar-refractivity contribution in [3.05, 3.63) is 29.8 Å². The number of rotatable bonds is 2. The first-order chi connectivity index (χ1) is 9.76. The lowest BCUT2D eigenvalue weighted by Crippen LogP contribution is -2.53. The van der Waals surface area contributed by atoms with E-state index in [2.05, 4.69) is 41.4 Å². The molecule has 20 heavy (non-hydrogen) atoms. The zero-order valence-electron chi connectivity index (χ0n) is 12.3. The van der Waals surface area contributed by atoms with E-state index in [1.54, 1.807) is 0 Å². The Kier molecular flexibility index (Phi) is 3.00. The Bertz CT molecular complexity index is 494. The van der Waals surface area contributed by atoms with Gasteiger partial charge in [0.2, 0.25) is 0 Å². The number of benzene rings is 1. The second-order valence-electron chi connectivity index (χ2n) is 6.82. The summed E-state index contributed by atoms with van der Waals surface area (Å²) in [5.74, 6) is 0.849. The number of para-hydroxylation sites is 1. The molecule has 3 heteroatoms. The summed E-state index contributed by atoms with van der Waals surface area (Å²) in [5, 5.41) is 3.85. The Morgan fingerprint density at radius 2 is 2.10 bits per heavy atom. The second-order valence-corrected chi connectivity index (χ2v) is 6.82. The SMILES string of the molecule is CC1(C2CC2)CN(C2CCOC2)c2ccccc2CN1. The molecule has 0 radical (unpaired) electrons. The number of nitrogens with one attached hydrogen (secondary N) is 1. The highest BCUT2D eigenvalue weighted by Crippen LogP contribution is 2.43. The molecular formula is C17H24N2O. The van der Waals surface area contributed by atoms with E-state index >= 15 is 0 Å². The van der Waals surface area contributed by atoms with Crippen molar-refractivity contribution in [3.8, 4) is 0 Å². The van der Waals surface area contributed by atoms with Crippen molar-refractivity contribution < 1.29 is 4.74 Å². The molecule has 0 bridgehead atoms. The van der Waals surface area contributed by atoms with Crippen molar-refractivity contribution in [2.45, 2.75) is 44.3 Å². The average molecular weight is 272 g/mol. The van der Waals surface area contributed by atoms with E-state index in [-0.39, 0.29) is 5.54 Å². The van der Waals surface area contributed by atoms with Crippen LogP contribution in [0.1, 0.15) is 31.7 Å². The minimum Gasteiger partial charge on any atom is -0.379 e. The topological polar surface area (TPSA) is 24.5 Å². The van der Waals surface area contributed by atoms with Gasteiger partial charge >= 0.3 is 0 Å². The van der Waals surface area contributed by atoms with Gasteiger partial charge in [-0.05, 0) is 43.7 Å². The Morgan fingerprint density at radius 3 is 2.85 bits per heavy atom. The minimum absolute atomic E-state index is 0.252. The van der Waals surface area contributed by atoms with Crippen molar-refractivity contribution >= 4 is 5.69 Å². The normalized spacial score (nSPS) is 33.9. The maximum atomic E-state index is 5.65. The maximum Gasteiger partial charge on any atom is 0.0670 e. The van der Waals surface area contributed by atoms with Crippen LogP contribution in [-0.4, -0.2) is 31.3 Å². The standard InChI is InChI=1S/C17H24N2O/c1-17(14-6-7-14)12-19(15-8-9-20-11-15)16-5-3-2-4-13(16)10-18-17/h2-5,14-15,18H,6-12H2,1H3. The third kappa shape index (κ3) is 2.13. The van der Waals surface area contributed by atoms with Crippen LogP contribution in [0, 0.1) is 5.92 Å². The first-order valence-corrected chi connectivity index (χ1v) is 7.94. The van der Waals surface area contributed by atoms with Gasteiger partial charge in [-0.2, -0.15) is 0 Å². The van der Waals surface area contributed by atoms with Gasteiger partial charge in [-0.25, -0.2) is 0 Å². The Morgan fingerprint density at radius 1 is 1.25 bits per heavy atom. The Labute approximate surface area is 121 Å². The molecule has 4 rings (SSSR count). The lowest BCUT2D eigenvalue weighted by atomic mass is 9.94. The smallest absolute Gasteiger partial charge is 0.0670 e. The molecule has 1 N–H and O–H groups in total. The van der Waals surface area contributed by atoms with Crippen LogP contribution in [0.5, 0.6) is 0 Å². The second kappa shape index (κ2) is 4.74. The van der Waals surface area contributed by atoms with Gasteiger partial charge in [0.25, 0.3) is 0 Å². The van der Waals surface area contributed by atoms with Crippen molar-refractivity contribution in [1.82, 2.24) is 5.32 Å². The Balaban J connectivity index is 1.70. The molecule has 0 spiro atoms. The summed E-state index contributed by atoms with van der Waals surface area (Å²) in [6.45, 7) is 6.32. The first kappa shape index (κ1) is 12.7. The number of hydrogen-bond donors (Lipinski definition) is 1. The largest absolute Gasteiger partial charge is 0.379 e. The minimum atomic E-state index is 0.252. The van der Waals surface area contributed by atoms with Gasteiger partial charge in [-0.1, -0.05) is 18.2 Å². The van der Waals surface area contributed by atoms with Crippen LogP contribution in [0.2, 0.25) is 0 Å². The summed E-state index contributed by atoms with van der Waals surface area (Å²) in [6.07, 6.45) is 3.93. The fourth-order valence-corrected chi connectivity index (χ4v) is 3.82. The number of fused-ring (bicyclic) bond motifs is 1. The molecule has 1 aliphatic carbocycles. The van der Waals surface area contributed by atoms with Crippen molar-refractivity contribution in [2.24, 2.45) is 5.92 Å². The predicted molar refractivity (Wildman–Crippen MR) is 81.0 cm³/mol. The molecule has 2 aliphatic heterocycles. The van der Waals surface area contributed by atoms with E-state index in [1.165, 1.54) is 24.1 Å². The summed E-state index contributed by atoms with van der Waals surface area (Å²) in [6, 6.07) is 9.43. The van der Waals surface area contributed by atoms with Crippen LogP contribution < -0.4 is 10.2 Å². The quantitative estimate of drug-likeness (QED) is 0.895. The molecule has 0 amide bonds. The van der Waals surface area contributed by atoms with Crippen LogP contribution in [0.15, 0.2) is 24.3 Å². The van der Waals surface area contributed by atoms with E-state index in [1.807, 2.05) is 0 Å². The fourth-order valence-electron chi connectivity index (χ4n) is 3.82. The van der Waals surface area contributed by atoms with Gasteiger partial charge in [-0.3, -0.25) is 0 Å². The van der Waals surface area contributed by atoms with Gasteiger partial charge < -0.3 is 15.0 Å². The van der Waals surface area contributed by atoms with Gasteiger partial charge in [0, 0.05) is 30.9 Å². The van der Waals surface area contributed by atoms with Crippen LogP contribution >= 0.6 is 0 Å². The van der Waals surface area contributed by atoms with Crippen LogP contribution in [0.4, 0.5) is 5.69 Å². The highest BCUT2D eigenvalue weighted by atomic mass is 16.5. The van der Waals surface area contributed by atoms with Crippen molar-refractivity contribution in [3.63, 3.8) is 0 Å². The molecule has 2 heterocycles. The van der Waals surface area contributed by atoms with Crippen molar-refractivity contribution in [1.29, 1.82) is 0 Å². The summed E-state index contributed by atoms with van der Waals surface area (Å²) in [7, 11) is 0. The van der Waals surface area contributed by atoms with E-state index in [0.717, 1.165) is 38.6 Å². The van der Waals surface area contributed by atoms with E-state index < -0.39 is 0 Å². The summed E-state index contributed by atoms with van der Waals surface area (Å²) in [4.78, 5) is 2.63. The summed E-state index contributed by atoms with van der Waals surface area (Å²) < 4.78 is 5.65. The molecule has 1 aromatic rings. The highest BCUT2D eigenvalue weighted by Gasteiger charge is 2.45. The number of ether oxygens (including phenoxy) is 1. The van der Waals surface area contributed by atoms with Gasteiger partial charge in [0.15, 0.2) is 0 Å². The van der Waals surface area contributed by atoms with Gasteiger partial charge in [0.05, 0.1) is 12.6 Å². The molecule has 1 saturated heterocycles. The molecule has 2 unspecified atom stereocenters. The zero-order chi connectivity index (χ0) is 13.6. The van der Waals surface area contributed by atoms with E-state index in [0.29, 0.717) is 6.04 Å². The monoisotopic (exact) mass is 272 g/mol. The maximum absolute atomic E-state index is 5.65. The van der Waals surface area contributed by atoms with Crippen LogP contribution in [0.3, 0.4) is 0 Å². The molecule has 3 aliphatic rings. The zero-order valence-corrected chi connectivity index (χ0v) is 12.3.